The van der Waals surface area contributed by atoms with Gasteiger partial charge in [0, 0.05) is 0 Å². The Balaban J connectivity index is 0.00000137. The number of rotatable bonds is 4. The van der Waals surface area contributed by atoms with Gasteiger partial charge in [-0.15, -0.1) is 24.8 Å². The molecule has 0 aromatic heterocycles. The summed E-state index contributed by atoms with van der Waals surface area (Å²) in [4.78, 5) is 0. The molecule has 0 saturated carbocycles. The van der Waals surface area contributed by atoms with Gasteiger partial charge < -0.3 is 0 Å². The molecular weight excluding hydrogens is 551 g/mol. The van der Waals surface area contributed by atoms with Crippen LogP contribution in [0.15, 0.2) is 121 Å². The summed E-state index contributed by atoms with van der Waals surface area (Å²) in [5.41, 5.74) is 5.85. The van der Waals surface area contributed by atoms with Gasteiger partial charge in [0.2, 0.25) is 0 Å². The first-order valence-electron chi connectivity index (χ1n) is 11.5. The second-order valence-corrected chi connectivity index (χ2v) is 37.8. The van der Waals surface area contributed by atoms with E-state index in [0.717, 1.165) is 7.37 Å². The predicted octanol–water partition coefficient (Wildman–Crippen LogP) is 5.99. The van der Waals surface area contributed by atoms with Gasteiger partial charge in [0.05, 0.1) is 0 Å². The molecule has 2 atom stereocenters. The molecule has 4 aromatic rings. The van der Waals surface area contributed by atoms with Crippen molar-refractivity contribution in [3.05, 3.63) is 144 Å². The molecule has 0 spiro atoms. The zero-order valence-electron chi connectivity index (χ0n) is 19.2. The van der Waals surface area contributed by atoms with Crippen LogP contribution < -0.4 is 6.54 Å². The standard InChI is InChI=1S/2C9H7.2C6H5.2ClH.H3Si.Zr/c2*1-2-5-9-7-3-6-8(9)4-1;2*1-2-4-6-5-3-1;;;;/h2*1-7H;2*1-5H;2*1H;1H3;. The van der Waals surface area contributed by atoms with E-state index in [0.29, 0.717) is 7.25 Å². The number of hydrogen-bond donors (Lipinski definition) is 0. The van der Waals surface area contributed by atoms with Gasteiger partial charge in [-0.25, -0.2) is 0 Å². The second kappa shape index (κ2) is 9.59. The van der Waals surface area contributed by atoms with Crippen LogP contribution >= 0.6 is 24.8 Å². The number of halogens is 2. The van der Waals surface area contributed by atoms with E-state index in [-0.39, 0.29) is 24.8 Å². The zero-order chi connectivity index (χ0) is 21.6. The van der Waals surface area contributed by atoms with Gasteiger partial charge in [0.25, 0.3) is 0 Å². The van der Waals surface area contributed by atoms with Crippen LogP contribution in [0.5, 0.6) is 0 Å². The molecule has 6 rings (SSSR count). The van der Waals surface area contributed by atoms with Crippen LogP contribution in [0.2, 0.25) is 0 Å². The molecule has 0 nitrogen and oxygen atoms in total. The third-order valence-corrected chi connectivity index (χ3v) is 42.0. The van der Waals surface area contributed by atoms with Crippen molar-refractivity contribution in [2.24, 2.45) is 0 Å². The first-order chi connectivity index (χ1) is 15.7. The fraction of sp³-hybridized carbons (Fsp3) is 0.0667. The maximum absolute atomic E-state index is 4.03. The van der Waals surface area contributed by atoms with Crippen molar-refractivity contribution in [3.63, 3.8) is 0 Å². The van der Waals surface area contributed by atoms with Crippen molar-refractivity contribution < 1.29 is 17.9 Å². The number of allylic oxidation sites excluding steroid dienone is 2. The zero-order valence-corrected chi connectivity index (χ0v) is 25.3. The summed E-state index contributed by atoms with van der Waals surface area (Å²) in [6, 6.07) is 41.4. The van der Waals surface area contributed by atoms with Crippen molar-refractivity contribution in [2.75, 3.05) is 0 Å². The molecule has 0 aliphatic heterocycles. The van der Waals surface area contributed by atoms with Crippen molar-refractivity contribution >= 4 is 50.9 Å². The van der Waals surface area contributed by atoms with Crippen LogP contribution in [-0.2, 0) is 17.9 Å². The Morgan fingerprint density at radius 3 is 1.24 bits per heavy atom. The van der Waals surface area contributed by atoms with E-state index in [4.69, 9.17) is 0 Å². The molecule has 0 bridgehead atoms. The average molecular weight is 580 g/mol. The van der Waals surface area contributed by atoms with Gasteiger partial charge in [-0.2, -0.15) is 0 Å². The molecule has 4 aromatic carbocycles. The first kappa shape index (κ1) is 25.1. The van der Waals surface area contributed by atoms with Gasteiger partial charge in [0.15, 0.2) is 0 Å². The van der Waals surface area contributed by atoms with Gasteiger partial charge in [-0.05, 0) is 0 Å². The monoisotopic (exact) mass is 577 g/mol. The molecule has 171 valence electrons. The SMILES string of the molecule is Cl.Cl.[SiH3][Zr]([c]1ccccc1)([c]1ccccc1)([CH]1C=Cc2ccccc21)[CH]1C=Cc2ccccc21. The Morgan fingerprint density at radius 1 is 0.471 bits per heavy atom. The van der Waals surface area contributed by atoms with Crippen molar-refractivity contribution in [1.82, 2.24) is 0 Å². The van der Waals surface area contributed by atoms with E-state index in [9.17, 15) is 0 Å². The summed E-state index contributed by atoms with van der Waals surface area (Å²) in [5, 5.41) is 0. The Morgan fingerprint density at radius 2 is 0.824 bits per heavy atom. The topological polar surface area (TPSA) is 0 Å². The molecule has 0 N–H and O–H groups in total. The molecule has 0 heterocycles. The molecule has 0 saturated heterocycles. The first-order valence-corrected chi connectivity index (χ1v) is 25.2. The van der Waals surface area contributed by atoms with Crippen molar-refractivity contribution in [3.8, 4) is 0 Å². The van der Waals surface area contributed by atoms with Crippen LogP contribution in [-0.4, -0.2) is 7.37 Å². The van der Waals surface area contributed by atoms with Crippen LogP contribution in [0.1, 0.15) is 29.5 Å². The fourth-order valence-corrected chi connectivity index (χ4v) is 35.3. The summed E-state index contributed by atoms with van der Waals surface area (Å²) in [6.45, 7) is 0. The molecule has 2 unspecified atom stereocenters. The normalized spacial score (nSPS) is 18.8. The minimum atomic E-state index is -4.03. The van der Waals surface area contributed by atoms with Crippen molar-refractivity contribution in [2.45, 2.75) is 7.25 Å². The van der Waals surface area contributed by atoms with E-state index in [1.807, 2.05) is 0 Å². The van der Waals surface area contributed by atoms with Gasteiger partial charge in [-0.3, -0.25) is 0 Å². The van der Waals surface area contributed by atoms with E-state index in [2.05, 4.69) is 133 Å². The maximum atomic E-state index is 2.57. The van der Waals surface area contributed by atoms with E-state index in [1.54, 1.807) is 6.54 Å². The second-order valence-electron chi connectivity index (χ2n) is 9.61. The van der Waals surface area contributed by atoms with Gasteiger partial charge in [0.1, 0.15) is 0 Å². The average Bonchev–Trinajstić information content (AvgIpc) is 3.50. The van der Waals surface area contributed by atoms with Crippen LogP contribution in [0.3, 0.4) is 0 Å². The van der Waals surface area contributed by atoms with E-state index in [1.165, 1.54) is 22.3 Å². The Bertz CT molecular complexity index is 1260. The number of fused-ring (bicyclic) bond motifs is 2. The summed E-state index contributed by atoms with van der Waals surface area (Å²) in [7, 11) is 1.15. The molecule has 0 amide bonds. The Hall–Kier alpha value is -1.96. The minimum absolute atomic E-state index is 0. The summed E-state index contributed by atoms with van der Waals surface area (Å²) in [5.74, 6) is 0. The Labute approximate surface area is 218 Å². The molecule has 0 fully saturated rings. The third-order valence-electron chi connectivity index (χ3n) is 8.28. The molecular formula is C30H29Cl2SiZr. The number of hydrogen-bond acceptors (Lipinski definition) is 0. The van der Waals surface area contributed by atoms with Gasteiger partial charge >= 0.3 is 195 Å². The summed E-state index contributed by atoms with van der Waals surface area (Å²) in [6.07, 6.45) is 9.92. The molecule has 2 aliphatic rings. The quantitative estimate of drug-likeness (QED) is 0.261. The number of benzene rings is 4. The van der Waals surface area contributed by atoms with Gasteiger partial charge in [-0.1, -0.05) is 0 Å². The van der Waals surface area contributed by atoms with Crippen LogP contribution in [0.25, 0.3) is 12.2 Å². The predicted molar refractivity (Wildman–Crippen MR) is 153 cm³/mol. The fourth-order valence-electron chi connectivity index (χ4n) is 6.64. The van der Waals surface area contributed by atoms with E-state index >= 15 is 0 Å². The van der Waals surface area contributed by atoms with E-state index < -0.39 is 17.9 Å². The molecule has 2 aliphatic carbocycles. The van der Waals surface area contributed by atoms with Crippen LogP contribution in [0.4, 0.5) is 0 Å². The Kier molecular flexibility index (Phi) is 7.09. The van der Waals surface area contributed by atoms with Crippen molar-refractivity contribution in [1.29, 1.82) is 0 Å². The third kappa shape index (κ3) is 3.42. The summed E-state index contributed by atoms with van der Waals surface area (Å²) >= 11 is -4.03. The molecule has 4 heteroatoms. The molecule has 0 radical (unpaired) electrons. The molecule has 34 heavy (non-hydrogen) atoms. The van der Waals surface area contributed by atoms with Crippen LogP contribution in [0, 0.1) is 0 Å². The summed E-state index contributed by atoms with van der Waals surface area (Å²) < 4.78 is 4.16.